The summed E-state index contributed by atoms with van der Waals surface area (Å²) in [7, 11) is 3.60. The lowest BCUT2D eigenvalue weighted by molar-refractivity contribution is -0.125. The Morgan fingerprint density at radius 1 is 1.11 bits per heavy atom. The number of ether oxygens (including phenoxy) is 2. The second-order valence-electron chi connectivity index (χ2n) is 11.8. The molecule has 1 aliphatic heterocycles. The summed E-state index contributed by atoms with van der Waals surface area (Å²) < 4.78 is 13.3. The summed E-state index contributed by atoms with van der Waals surface area (Å²) in [5.41, 5.74) is 3.92. The Morgan fingerprint density at radius 2 is 1.84 bits per heavy atom. The van der Waals surface area contributed by atoms with Crippen LogP contribution in [0.1, 0.15) is 51.1 Å². The van der Waals surface area contributed by atoms with E-state index in [2.05, 4.69) is 17.1 Å². The Balaban J connectivity index is 1.36. The number of nitrogens with one attached hydrogen (secondary N) is 2. The normalized spacial score (nSPS) is 17.0. The number of methoxy groups -OCH3 is 1. The summed E-state index contributed by atoms with van der Waals surface area (Å²) >= 11 is 0. The first kappa shape index (κ1) is 32.2. The summed E-state index contributed by atoms with van der Waals surface area (Å²) in [6.45, 7) is 7.70. The van der Waals surface area contributed by atoms with Crippen LogP contribution in [0.3, 0.4) is 0 Å². The molecule has 45 heavy (non-hydrogen) atoms. The van der Waals surface area contributed by atoms with Crippen LogP contribution in [0.5, 0.6) is 11.5 Å². The monoisotopic (exact) mass is 610 g/mol. The van der Waals surface area contributed by atoms with E-state index in [0.29, 0.717) is 31.4 Å². The van der Waals surface area contributed by atoms with E-state index in [1.54, 1.807) is 13.2 Å². The molecule has 5 rings (SSSR count). The highest BCUT2D eigenvalue weighted by atomic mass is 16.5. The fourth-order valence-electron chi connectivity index (χ4n) is 5.73. The van der Waals surface area contributed by atoms with E-state index in [4.69, 9.17) is 20.0 Å². The van der Waals surface area contributed by atoms with Crippen molar-refractivity contribution < 1.29 is 14.3 Å². The number of likely N-dealkylation sites (tertiary alicyclic amines) is 1. The zero-order valence-electron chi connectivity index (χ0n) is 27.0. The number of benzene rings is 2. The van der Waals surface area contributed by atoms with Gasteiger partial charge in [-0.05, 0) is 75.1 Å². The number of amides is 1. The molecule has 0 bridgehead atoms. The smallest absolute Gasteiger partial charge is 0.246 e. The molecule has 1 atom stereocenters. The lowest BCUT2D eigenvalue weighted by Gasteiger charge is -2.20. The van der Waals surface area contributed by atoms with E-state index in [9.17, 15) is 4.79 Å². The van der Waals surface area contributed by atoms with Crippen LogP contribution >= 0.6 is 0 Å². The summed E-state index contributed by atoms with van der Waals surface area (Å²) in [4.78, 5) is 17.5. The number of hydrogen-bond acceptors (Lipinski definition) is 7. The van der Waals surface area contributed by atoms with Gasteiger partial charge in [-0.1, -0.05) is 36.8 Å². The van der Waals surface area contributed by atoms with Crippen molar-refractivity contribution in [2.45, 2.75) is 51.6 Å². The summed E-state index contributed by atoms with van der Waals surface area (Å²) in [6.07, 6.45) is 9.72. The van der Waals surface area contributed by atoms with E-state index in [-0.39, 0.29) is 11.9 Å². The van der Waals surface area contributed by atoms with Gasteiger partial charge < -0.3 is 25.1 Å². The van der Waals surface area contributed by atoms with Gasteiger partial charge in [0.15, 0.2) is 0 Å². The quantitative estimate of drug-likeness (QED) is 0.150. The molecule has 1 unspecified atom stereocenters. The number of carbonyl (C=O) groups excluding carboxylic acids is 1. The van der Waals surface area contributed by atoms with Gasteiger partial charge in [-0.15, -0.1) is 0 Å². The predicted molar refractivity (Wildman–Crippen MR) is 180 cm³/mol. The third kappa shape index (κ3) is 8.09. The molecule has 1 aromatic heterocycles. The van der Waals surface area contributed by atoms with Crippen LogP contribution < -0.4 is 10.1 Å². The Morgan fingerprint density at radius 3 is 2.51 bits per heavy atom. The fourth-order valence-corrected chi connectivity index (χ4v) is 5.73. The van der Waals surface area contributed by atoms with Gasteiger partial charge in [0.2, 0.25) is 5.91 Å². The summed E-state index contributed by atoms with van der Waals surface area (Å²) in [5, 5.41) is 17.5. The standard InChI is InChI=1S/C36H46N6O3/c1-5-26(2)24-32(37)34-35(27-13-17-31(18-14-27)45-30-10-7-6-8-11-30)39-42(36(34)38-3)29-19-21-41(25-29)33(43)12-9-20-40(22-23-44-4)28-15-16-28/h6-14,17-18,24,28-29,37-38H,5,15-16,19-23,25H2,1-4H3/b12-9?,26-24+,37-32?. The fraction of sp³-hybridized carbons (Fsp3) is 0.417. The van der Waals surface area contributed by atoms with Gasteiger partial charge in [-0.3, -0.25) is 9.69 Å². The van der Waals surface area contributed by atoms with Crippen LogP contribution in [0.4, 0.5) is 5.82 Å². The molecule has 2 aromatic carbocycles. The maximum absolute atomic E-state index is 13.2. The highest BCUT2D eigenvalue weighted by Gasteiger charge is 2.32. The van der Waals surface area contributed by atoms with Crippen LogP contribution in [0, 0.1) is 5.41 Å². The first-order valence-electron chi connectivity index (χ1n) is 16.0. The minimum atomic E-state index is -0.00768. The Bertz CT molecular complexity index is 1510. The highest BCUT2D eigenvalue weighted by molar-refractivity contribution is 6.14. The molecule has 9 heteroatoms. The Kier molecular flexibility index (Phi) is 10.9. The Labute approximate surface area is 267 Å². The van der Waals surface area contributed by atoms with Gasteiger partial charge in [0.25, 0.3) is 0 Å². The maximum atomic E-state index is 13.2. The van der Waals surface area contributed by atoms with E-state index >= 15 is 0 Å². The van der Waals surface area contributed by atoms with Crippen LogP contribution in [0.15, 0.2) is 78.4 Å². The molecule has 2 aliphatic rings. The molecule has 2 N–H and O–H groups in total. The van der Waals surface area contributed by atoms with Crippen molar-refractivity contribution in [3.63, 3.8) is 0 Å². The van der Waals surface area contributed by atoms with Gasteiger partial charge in [0, 0.05) is 58.0 Å². The average Bonchev–Trinajstić information content (AvgIpc) is 3.65. The van der Waals surface area contributed by atoms with Crippen LogP contribution in [-0.2, 0) is 9.53 Å². The summed E-state index contributed by atoms with van der Waals surface area (Å²) in [6, 6.07) is 18.2. The second-order valence-corrected chi connectivity index (χ2v) is 11.8. The minimum absolute atomic E-state index is 0.00768. The van der Waals surface area contributed by atoms with Crippen LogP contribution in [0.25, 0.3) is 11.3 Å². The number of hydrogen-bond donors (Lipinski definition) is 2. The van der Waals surface area contributed by atoms with Gasteiger partial charge in [-0.2, -0.15) is 5.10 Å². The first-order valence-corrected chi connectivity index (χ1v) is 16.0. The number of allylic oxidation sites excluding steroid dienone is 2. The third-order valence-corrected chi connectivity index (χ3v) is 8.54. The van der Waals surface area contributed by atoms with Crippen molar-refractivity contribution in [1.29, 1.82) is 5.41 Å². The number of carbonyl (C=O) groups is 1. The van der Waals surface area contributed by atoms with E-state index < -0.39 is 0 Å². The minimum Gasteiger partial charge on any atom is -0.457 e. The number of aromatic nitrogens is 2. The molecule has 3 aromatic rings. The van der Waals surface area contributed by atoms with Gasteiger partial charge in [-0.25, -0.2) is 4.68 Å². The zero-order valence-corrected chi connectivity index (χ0v) is 27.0. The summed E-state index contributed by atoms with van der Waals surface area (Å²) in [5.74, 6) is 2.32. The number of rotatable bonds is 15. The van der Waals surface area contributed by atoms with Crippen molar-refractivity contribution in [3.05, 3.63) is 84.0 Å². The molecule has 2 fully saturated rings. The highest BCUT2D eigenvalue weighted by Crippen LogP contribution is 2.36. The van der Waals surface area contributed by atoms with Crippen LogP contribution in [0.2, 0.25) is 0 Å². The molecule has 2 heterocycles. The molecular formula is C36H46N6O3. The lowest BCUT2D eigenvalue weighted by Crippen LogP contribution is -2.31. The molecule has 1 amide bonds. The van der Waals surface area contributed by atoms with Crippen molar-refractivity contribution in [2.24, 2.45) is 0 Å². The second kappa shape index (κ2) is 15.2. The van der Waals surface area contributed by atoms with Gasteiger partial charge >= 0.3 is 0 Å². The maximum Gasteiger partial charge on any atom is 0.246 e. The van der Waals surface area contributed by atoms with Crippen molar-refractivity contribution >= 4 is 17.4 Å². The molecule has 1 saturated heterocycles. The van der Waals surface area contributed by atoms with Gasteiger partial charge in [0.05, 0.1) is 23.9 Å². The van der Waals surface area contributed by atoms with Crippen molar-refractivity contribution in [2.75, 3.05) is 52.3 Å². The van der Waals surface area contributed by atoms with Crippen LogP contribution in [-0.4, -0.2) is 84.2 Å². The molecule has 1 saturated carbocycles. The van der Waals surface area contributed by atoms with E-state index in [1.165, 1.54) is 12.8 Å². The van der Waals surface area contributed by atoms with Crippen molar-refractivity contribution in [1.82, 2.24) is 19.6 Å². The third-order valence-electron chi connectivity index (χ3n) is 8.54. The van der Waals surface area contributed by atoms with E-state index in [1.807, 2.05) is 90.3 Å². The average molecular weight is 611 g/mol. The molecule has 238 valence electrons. The largest absolute Gasteiger partial charge is 0.457 e. The SMILES string of the molecule is CC/C(C)=C/C(=N)c1c(-c2ccc(Oc3ccccc3)cc2)nn(C2CCN(C(=O)C=CCN(CCOC)C3CC3)C2)c1NC. The predicted octanol–water partition coefficient (Wildman–Crippen LogP) is 6.55. The molecule has 0 spiro atoms. The topological polar surface area (TPSA) is 95.7 Å². The molecular weight excluding hydrogens is 564 g/mol. The number of anilines is 1. The van der Waals surface area contributed by atoms with Gasteiger partial charge in [0.1, 0.15) is 23.0 Å². The molecule has 1 aliphatic carbocycles. The lowest BCUT2D eigenvalue weighted by atomic mass is 10.0. The van der Waals surface area contributed by atoms with E-state index in [0.717, 1.165) is 65.6 Å². The zero-order chi connectivity index (χ0) is 31.8. The molecule has 9 nitrogen and oxygen atoms in total. The Hall–Kier alpha value is -4.21. The number of para-hydroxylation sites is 1. The van der Waals surface area contributed by atoms with Crippen molar-refractivity contribution in [3.8, 4) is 22.8 Å². The first-order chi connectivity index (χ1) is 21.9. The number of nitrogens with zero attached hydrogens (tertiary/aromatic N) is 4. The molecule has 0 radical (unpaired) electrons.